The number of methoxy groups -OCH3 is 1. The highest BCUT2D eigenvalue weighted by molar-refractivity contribution is 6.32. The molecule has 2 aromatic carbocycles. The third-order valence-corrected chi connectivity index (χ3v) is 6.41. The van der Waals surface area contributed by atoms with Crippen LogP contribution in [0.5, 0.6) is 5.75 Å². The Morgan fingerprint density at radius 2 is 1.89 bits per heavy atom. The molecule has 194 valence electrons. The summed E-state index contributed by atoms with van der Waals surface area (Å²) in [5, 5.41) is 18.5. The largest absolute Gasteiger partial charge is 0.495 e. The van der Waals surface area contributed by atoms with Gasteiger partial charge >= 0.3 is 0 Å². The molecule has 0 aliphatic rings. The second-order valence-electron chi connectivity index (χ2n) is 9.67. The first-order valence-electron chi connectivity index (χ1n) is 11.7. The third kappa shape index (κ3) is 5.23. The van der Waals surface area contributed by atoms with E-state index in [0.717, 1.165) is 0 Å². The van der Waals surface area contributed by atoms with Gasteiger partial charge in [0.2, 0.25) is 0 Å². The van der Waals surface area contributed by atoms with Gasteiger partial charge in [0, 0.05) is 17.3 Å². The van der Waals surface area contributed by atoms with E-state index in [1.165, 1.54) is 42.1 Å². The van der Waals surface area contributed by atoms with Gasteiger partial charge in [0.05, 0.1) is 29.3 Å². The summed E-state index contributed by atoms with van der Waals surface area (Å²) in [5.41, 5.74) is 0.317. The van der Waals surface area contributed by atoms with E-state index in [-0.39, 0.29) is 22.8 Å². The van der Waals surface area contributed by atoms with Gasteiger partial charge in [-0.15, -0.1) is 5.10 Å². The molecule has 0 saturated heterocycles. The molecule has 1 amide bonds. The average Bonchev–Trinajstić information content (AvgIpc) is 3.23. The molecule has 0 aliphatic carbocycles. The van der Waals surface area contributed by atoms with Gasteiger partial charge in [-0.05, 0) is 55.7 Å². The van der Waals surface area contributed by atoms with Crippen molar-refractivity contribution in [3.8, 4) is 17.1 Å². The maximum absolute atomic E-state index is 13.5. The van der Waals surface area contributed by atoms with Crippen LogP contribution in [-0.2, 0) is 0 Å². The fourth-order valence-electron chi connectivity index (χ4n) is 4.35. The van der Waals surface area contributed by atoms with E-state index in [2.05, 4.69) is 15.4 Å². The highest BCUT2D eigenvalue weighted by atomic mass is 35.5. The van der Waals surface area contributed by atoms with Crippen LogP contribution in [0.3, 0.4) is 0 Å². The molecule has 8 nitrogen and oxygen atoms in total. The lowest BCUT2D eigenvalue weighted by Gasteiger charge is -2.30. The molecule has 1 atom stereocenters. The smallest absolute Gasteiger partial charge is 0.275 e. The Morgan fingerprint density at radius 3 is 2.46 bits per heavy atom. The van der Waals surface area contributed by atoms with Crippen LogP contribution in [0.2, 0.25) is 5.02 Å². The number of nitrogens with zero attached hydrogens (tertiary/aromatic N) is 2. The number of halogens is 2. The lowest BCUT2D eigenvalue weighted by atomic mass is 9.91. The molecule has 0 aliphatic heterocycles. The first kappa shape index (κ1) is 26.4. The van der Waals surface area contributed by atoms with Crippen LogP contribution < -0.4 is 15.6 Å². The van der Waals surface area contributed by atoms with Gasteiger partial charge in [0.15, 0.2) is 5.82 Å². The van der Waals surface area contributed by atoms with Crippen LogP contribution in [0.25, 0.3) is 16.9 Å². The topological polar surface area (TPSA) is 109 Å². The predicted octanol–water partition coefficient (Wildman–Crippen LogP) is 4.86. The molecule has 0 bridgehead atoms. The van der Waals surface area contributed by atoms with E-state index in [0.29, 0.717) is 27.5 Å². The number of benzene rings is 2. The number of nitrogens with one attached hydrogen (secondary N) is 2. The molecule has 0 spiro atoms. The minimum absolute atomic E-state index is 0.193. The predicted molar refractivity (Wildman–Crippen MR) is 140 cm³/mol. The zero-order valence-corrected chi connectivity index (χ0v) is 21.9. The third-order valence-electron chi connectivity index (χ3n) is 6.11. The number of H-pyrrole nitrogens is 1. The fourth-order valence-corrected chi connectivity index (χ4v) is 4.61. The number of aliphatic hydroxyl groups is 1. The summed E-state index contributed by atoms with van der Waals surface area (Å²) in [6, 6.07) is 9.72. The summed E-state index contributed by atoms with van der Waals surface area (Å²) in [7, 11) is 1.51. The molecule has 0 saturated carbocycles. The molecule has 0 fully saturated rings. The van der Waals surface area contributed by atoms with Crippen molar-refractivity contribution >= 4 is 23.0 Å². The highest BCUT2D eigenvalue weighted by Gasteiger charge is 2.32. The second-order valence-corrected chi connectivity index (χ2v) is 10.1. The van der Waals surface area contributed by atoms with Crippen molar-refractivity contribution in [2.24, 2.45) is 0 Å². The normalized spacial score (nSPS) is 12.7. The summed E-state index contributed by atoms with van der Waals surface area (Å²) in [6.45, 7) is 6.85. The number of carbonyl (C=O) groups excluding carboxylic acids is 1. The molecular weight excluding hydrogens is 499 g/mol. The molecule has 2 heterocycles. The number of rotatable bonds is 7. The molecule has 4 rings (SSSR count). The first-order valence-corrected chi connectivity index (χ1v) is 12.1. The van der Waals surface area contributed by atoms with Crippen molar-refractivity contribution in [1.29, 1.82) is 0 Å². The summed E-state index contributed by atoms with van der Waals surface area (Å²) in [4.78, 5) is 29.5. The van der Waals surface area contributed by atoms with Crippen molar-refractivity contribution in [3.63, 3.8) is 0 Å². The van der Waals surface area contributed by atoms with Crippen molar-refractivity contribution in [2.75, 3.05) is 7.11 Å². The van der Waals surface area contributed by atoms with Crippen LogP contribution in [0.15, 0.2) is 53.5 Å². The number of aromatic nitrogens is 3. The number of hydrogen-bond acceptors (Lipinski definition) is 5. The van der Waals surface area contributed by atoms with Gasteiger partial charge < -0.3 is 20.1 Å². The standard InChI is InChI=1S/C27H28ClFN4O4/c1-14(2)21-18(25(34)30-23(27(3,4)36)15-6-9-17(29)10-7-15)13-33-22(21)26(35)31-24(32-33)16-8-11-20(37-5)19(28)12-16/h6-14,23,36H,1-5H3,(H,30,34)(H,31,32,35)/t23-/m0/s1. The van der Waals surface area contributed by atoms with Crippen molar-refractivity contribution in [3.05, 3.63) is 86.5 Å². The molecule has 3 N–H and O–H groups in total. The minimum Gasteiger partial charge on any atom is -0.495 e. The van der Waals surface area contributed by atoms with Gasteiger partial charge in [0.25, 0.3) is 11.5 Å². The zero-order chi connectivity index (χ0) is 27.1. The maximum atomic E-state index is 13.5. The molecule has 10 heteroatoms. The Bertz CT molecular complexity index is 1520. The van der Waals surface area contributed by atoms with Crippen molar-refractivity contribution in [2.45, 2.75) is 45.3 Å². The number of amides is 1. The molecule has 0 unspecified atom stereocenters. The van der Waals surface area contributed by atoms with Crippen LogP contribution in [-0.4, -0.2) is 38.3 Å². The highest BCUT2D eigenvalue weighted by Crippen LogP contribution is 2.31. The van der Waals surface area contributed by atoms with E-state index in [4.69, 9.17) is 16.3 Å². The summed E-state index contributed by atoms with van der Waals surface area (Å²) in [6.07, 6.45) is 1.50. The Hall–Kier alpha value is -3.69. The summed E-state index contributed by atoms with van der Waals surface area (Å²) < 4.78 is 20.0. The van der Waals surface area contributed by atoms with E-state index >= 15 is 0 Å². The Morgan fingerprint density at radius 1 is 1.22 bits per heavy atom. The molecule has 37 heavy (non-hydrogen) atoms. The lowest BCUT2D eigenvalue weighted by molar-refractivity contribution is 0.0343. The summed E-state index contributed by atoms with van der Waals surface area (Å²) in [5.74, 6) is -0.372. The Labute approximate surface area is 218 Å². The van der Waals surface area contributed by atoms with Crippen molar-refractivity contribution in [1.82, 2.24) is 19.9 Å². The first-order chi connectivity index (χ1) is 17.4. The number of hydrogen-bond donors (Lipinski definition) is 3. The van der Waals surface area contributed by atoms with Crippen LogP contribution in [0.1, 0.15) is 61.1 Å². The lowest BCUT2D eigenvalue weighted by Crippen LogP contribution is -2.42. The molecule has 2 aromatic heterocycles. The monoisotopic (exact) mass is 526 g/mol. The molecule has 4 aromatic rings. The number of fused-ring (bicyclic) bond motifs is 1. The van der Waals surface area contributed by atoms with Crippen LogP contribution >= 0.6 is 11.6 Å². The van der Waals surface area contributed by atoms with E-state index < -0.39 is 28.9 Å². The molecule has 0 radical (unpaired) electrons. The number of aromatic amines is 1. The van der Waals surface area contributed by atoms with Gasteiger partial charge in [-0.2, -0.15) is 0 Å². The SMILES string of the molecule is COc1ccc(-c2nn3cc(C(=O)N[C@@H](c4ccc(F)cc4)C(C)(C)O)c(C(C)C)c3c(=O)[nH]2)cc1Cl. The van der Waals surface area contributed by atoms with Gasteiger partial charge in [-0.25, -0.2) is 8.91 Å². The minimum atomic E-state index is -1.36. The van der Waals surface area contributed by atoms with E-state index in [9.17, 15) is 19.1 Å². The van der Waals surface area contributed by atoms with Crippen molar-refractivity contribution < 1.29 is 19.0 Å². The number of ether oxygens (including phenoxy) is 1. The summed E-state index contributed by atoms with van der Waals surface area (Å²) >= 11 is 6.25. The quantitative estimate of drug-likeness (QED) is 0.319. The van der Waals surface area contributed by atoms with Gasteiger partial charge in [0.1, 0.15) is 17.1 Å². The average molecular weight is 527 g/mol. The fraction of sp³-hybridized carbons (Fsp3) is 0.296. The number of carbonyl (C=O) groups is 1. The second kappa shape index (κ2) is 9.99. The Balaban J connectivity index is 1.80. The maximum Gasteiger partial charge on any atom is 0.275 e. The van der Waals surface area contributed by atoms with Gasteiger partial charge in [-0.3, -0.25) is 9.59 Å². The zero-order valence-electron chi connectivity index (χ0n) is 21.1. The van der Waals surface area contributed by atoms with Crippen LogP contribution in [0, 0.1) is 5.82 Å². The van der Waals surface area contributed by atoms with E-state index in [1.807, 2.05) is 13.8 Å². The van der Waals surface area contributed by atoms with Crippen LogP contribution in [0.4, 0.5) is 4.39 Å². The van der Waals surface area contributed by atoms with Gasteiger partial charge in [-0.1, -0.05) is 37.6 Å². The van der Waals surface area contributed by atoms with E-state index in [1.54, 1.807) is 32.0 Å². The molecular formula is C27H28ClFN4O4. The Kier molecular flexibility index (Phi) is 7.12.